The molecule has 2 fully saturated rings. The summed E-state index contributed by atoms with van der Waals surface area (Å²) in [6, 6.07) is 0. The number of aryl methyl sites for hydroxylation is 1. The van der Waals surface area contributed by atoms with Crippen molar-refractivity contribution in [2.24, 2.45) is 0 Å². The number of rotatable bonds is 5. The van der Waals surface area contributed by atoms with Crippen molar-refractivity contribution in [3.63, 3.8) is 0 Å². The Bertz CT molecular complexity index is 367. The fourth-order valence-corrected chi connectivity index (χ4v) is 3.72. The lowest BCUT2D eigenvalue weighted by Crippen LogP contribution is -2.43. The van der Waals surface area contributed by atoms with Gasteiger partial charge in [0.15, 0.2) is 0 Å². The Morgan fingerprint density at radius 2 is 2.17 bits per heavy atom. The molecule has 1 saturated heterocycles. The van der Waals surface area contributed by atoms with Crippen molar-refractivity contribution >= 4 is 11.3 Å². The van der Waals surface area contributed by atoms with Crippen LogP contribution in [0.4, 0.5) is 0 Å². The summed E-state index contributed by atoms with van der Waals surface area (Å²) in [4.78, 5) is 7.37. The first-order valence-electron chi connectivity index (χ1n) is 7.29. The number of thiazole rings is 1. The zero-order valence-corrected chi connectivity index (χ0v) is 11.8. The molecule has 0 atom stereocenters. The van der Waals surface area contributed by atoms with Crippen molar-refractivity contribution in [3.05, 3.63) is 16.1 Å². The summed E-state index contributed by atoms with van der Waals surface area (Å²) in [7, 11) is 0. The lowest BCUT2D eigenvalue weighted by atomic mass is 9.86. The molecule has 1 N–H and O–H groups in total. The van der Waals surface area contributed by atoms with Gasteiger partial charge in [-0.05, 0) is 32.2 Å². The maximum absolute atomic E-state index is 4.80. The SMILES string of the molecule is c1sc(C2CCC2)nc1CCCN1CCNCC1. The third kappa shape index (κ3) is 3.11. The number of nitrogens with zero attached hydrogens (tertiary/aromatic N) is 2. The van der Waals surface area contributed by atoms with Crippen LogP contribution < -0.4 is 5.32 Å². The minimum absolute atomic E-state index is 0.803. The summed E-state index contributed by atoms with van der Waals surface area (Å²) >= 11 is 1.88. The van der Waals surface area contributed by atoms with E-state index in [2.05, 4.69) is 15.6 Å². The zero-order chi connectivity index (χ0) is 12.2. The highest BCUT2D eigenvalue weighted by molar-refractivity contribution is 7.09. The molecule has 0 aromatic carbocycles. The lowest BCUT2D eigenvalue weighted by molar-refractivity contribution is 0.238. The minimum atomic E-state index is 0.803. The standard InChI is InChI=1S/C14H23N3S/c1-3-12(4-1)14-16-13(11-18-14)5-2-8-17-9-6-15-7-10-17/h11-12,15H,1-10H2. The fourth-order valence-electron chi connectivity index (χ4n) is 2.70. The van der Waals surface area contributed by atoms with Crippen molar-refractivity contribution in [2.75, 3.05) is 32.7 Å². The van der Waals surface area contributed by atoms with Gasteiger partial charge in [-0.1, -0.05) is 6.42 Å². The van der Waals surface area contributed by atoms with Gasteiger partial charge in [-0.2, -0.15) is 0 Å². The first-order chi connectivity index (χ1) is 8.92. The highest BCUT2D eigenvalue weighted by Gasteiger charge is 2.22. The third-order valence-corrected chi connectivity index (χ3v) is 5.20. The molecule has 1 saturated carbocycles. The van der Waals surface area contributed by atoms with Crippen LogP contribution in [0, 0.1) is 0 Å². The second-order valence-electron chi connectivity index (χ2n) is 5.50. The summed E-state index contributed by atoms with van der Waals surface area (Å²) in [5.74, 6) is 0.803. The maximum atomic E-state index is 4.80. The summed E-state index contributed by atoms with van der Waals surface area (Å²) in [5.41, 5.74) is 1.33. The van der Waals surface area contributed by atoms with E-state index in [4.69, 9.17) is 4.98 Å². The second kappa shape index (κ2) is 6.13. The summed E-state index contributed by atoms with van der Waals surface area (Å²) in [6.07, 6.45) is 6.56. The van der Waals surface area contributed by atoms with E-state index in [0.717, 1.165) is 25.4 Å². The topological polar surface area (TPSA) is 28.2 Å². The zero-order valence-electron chi connectivity index (χ0n) is 11.0. The van der Waals surface area contributed by atoms with E-state index in [9.17, 15) is 0 Å². The van der Waals surface area contributed by atoms with Crippen molar-refractivity contribution in [1.82, 2.24) is 15.2 Å². The van der Waals surface area contributed by atoms with Crippen LogP contribution in [0.25, 0.3) is 0 Å². The van der Waals surface area contributed by atoms with Crippen LogP contribution in [0.5, 0.6) is 0 Å². The van der Waals surface area contributed by atoms with Gasteiger partial charge in [-0.25, -0.2) is 4.98 Å². The van der Waals surface area contributed by atoms with E-state index in [1.165, 1.54) is 56.0 Å². The molecule has 1 aromatic heterocycles. The third-order valence-electron chi connectivity index (χ3n) is 4.14. The molecular weight excluding hydrogens is 242 g/mol. The average Bonchev–Trinajstić information content (AvgIpc) is 2.77. The normalized spacial score (nSPS) is 22.0. The highest BCUT2D eigenvalue weighted by atomic mass is 32.1. The van der Waals surface area contributed by atoms with E-state index >= 15 is 0 Å². The van der Waals surface area contributed by atoms with Crippen LogP contribution in [0.15, 0.2) is 5.38 Å². The minimum Gasteiger partial charge on any atom is -0.314 e. The second-order valence-corrected chi connectivity index (χ2v) is 6.39. The first kappa shape index (κ1) is 12.6. The van der Waals surface area contributed by atoms with Gasteiger partial charge < -0.3 is 10.2 Å². The molecule has 2 heterocycles. The molecule has 18 heavy (non-hydrogen) atoms. The van der Waals surface area contributed by atoms with Crippen molar-refractivity contribution in [2.45, 2.75) is 38.0 Å². The predicted molar refractivity (Wildman–Crippen MR) is 76.3 cm³/mol. The van der Waals surface area contributed by atoms with Gasteiger partial charge in [0.25, 0.3) is 0 Å². The Kier molecular flexibility index (Phi) is 4.28. The summed E-state index contributed by atoms with van der Waals surface area (Å²) < 4.78 is 0. The van der Waals surface area contributed by atoms with Gasteiger partial charge in [0.1, 0.15) is 0 Å². The Morgan fingerprint density at radius 3 is 2.89 bits per heavy atom. The van der Waals surface area contributed by atoms with E-state index in [0.29, 0.717) is 0 Å². The van der Waals surface area contributed by atoms with Gasteiger partial charge in [0.05, 0.1) is 10.7 Å². The number of nitrogens with one attached hydrogen (secondary N) is 1. The molecule has 0 unspecified atom stereocenters. The molecular formula is C14H23N3S. The van der Waals surface area contributed by atoms with E-state index < -0.39 is 0 Å². The van der Waals surface area contributed by atoms with Gasteiger partial charge in [0, 0.05) is 37.5 Å². The molecule has 0 bridgehead atoms. The lowest BCUT2D eigenvalue weighted by Gasteiger charge is -2.26. The number of aromatic nitrogens is 1. The van der Waals surface area contributed by atoms with Crippen LogP contribution in [0.3, 0.4) is 0 Å². The van der Waals surface area contributed by atoms with E-state index in [1.807, 2.05) is 11.3 Å². The fraction of sp³-hybridized carbons (Fsp3) is 0.786. The Balaban J connectivity index is 1.40. The molecule has 100 valence electrons. The Morgan fingerprint density at radius 1 is 1.33 bits per heavy atom. The summed E-state index contributed by atoms with van der Waals surface area (Å²) in [6.45, 7) is 5.97. The van der Waals surface area contributed by atoms with E-state index in [-0.39, 0.29) is 0 Å². The van der Waals surface area contributed by atoms with Crippen LogP contribution in [0.1, 0.15) is 42.3 Å². The van der Waals surface area contributed by atoms with Gasteiger partial charge in [-0.3, -0.25) is 0 Å². The molecule has 3 nitrogen and oxygen atoms in total. The quantitative estimate of drug-likeness (QED) is 0.885. The van der Waals surface area contributed by atoms with Crippen LogP contribution >= 0.6 is 11.3 Å². The molecule has 0 radical (unpaired) electrons. The number of hydrogen-bond acceptors (Lipinski definition) is 4. The molecule has 1 aliphatic carbocycles. The average molecular weight is 265 g/mol. The first-order valence-corrected chi connectivity index (χ1v) is 8.17. The highest BCUT2D eigenvalue weighted by Crippen LogP contribution is 2.37. The smallest absolute Gasteiger partial charge is 0.0959 e. The van der Waals surface area contributed by atoms with Gasteiger partial charge >= 0.3 is 0 Å². The molecule has 4 heteroatoms. The molecule has 1 aromatic rings. The van der Waals surface area contributed by atoms with Crippen LogP contribution in [-0.4, -0.2) is 42.6 Å². The molecule has 0 spiro atoms. The van der Waals surface area contributed by atoms with Crippen LogP contribution in [-0.2, 0) is 6.42 Å². The molecule has 1 aliphatic heterocycles. The molecule has 3 rings (SSSR count). The van der Waals surface area contributed by atoms with Crippen molar-refractivity contribution < 1.29 is 0 Å². The van der Waals surface area contributed by atoms with Gasteiger partial charge in [0.2, 0.25) is 0 Å². The summed E-state index contributed by atoms with van der Waals surface area (Å²) in [5, 5.41) is 7.08. The Labute approximate surface area is 114 Å². The Hall–Kier alpha value is -0.450. The molecule has 0 amide bonds. The van der Waals surface area contributed by atoms with Crippen molar-refractivity contribution in [1.29, 1.82) is 0 Å². The van der Waals surface area contributed by atoms with E-state index in [1.54, 1.807) is 0 Å². The number of piperazine rings is 1. The van der Waals surface area contributed by atoms with Gasteiger partial charge in [-0.15, -0.1) is 11.3 Å². The predicted octanol–water partition coefficient (Wildman–Crippen LogP) is 2.25. The van der Waals surface area contributed by atoms with Crippen LogP contribution in [0.2, 0.25) is 0 Å². The maximum Gasteiger partial charge on any atom is 0.0959 e. The largest absolute Gasteiger partial charge is 0.314 e. The molecule has 2 aliphatic rings. The van der Waals surface area contributed by atoms with Crippen molar-refractivity contribution in [3.8, 4) is 0 Å². The number of hydrogen-bond donors (Lipinski definition) is 1. The monoisotopic (exact) mass is 265 g/mol.